The lowest BCUT2D eigenvalue weighted by Gasteiger charge is -1.99. The van der Waals surface area contributed by atoms with Crippen LogP contribution in [-0.4, -0.2) is 15.1 Å². The van der Waals surface area contributed by atoms with E-state index in [1.807, 2.05) is 0 Å². The third-order valence-corrected chi connectivity index (χ3v) is 2.30. The molecular formula is C8H4BrClN2O. The number of halogens is 2. The molecule has 0 amide bonds. The average Bonchev–Trinajstić information content (AvgIpc) is 2.06. The number of fused-ring (bicyclic) bond motifs is 1. The van der Waals surface area contributed by atoms with Gasteiger partial charge in [-0.05, 0) is 12.1 Å². The highest BCUT2D eigenvalue weighted by Gasteiger charge is 2.04. The number of aromatic hydroxyl groups is 1. The van der Waals surface area contributed by atoms with Crippen molar-refractivity contribution in [2.45, 2.75) is 0 Å². The molecule has 5 heteroatoms. The lowest BCUT2D eigenvalue weighted by atomic mass is 10.3. The summed E-state index contributed by atoms with van der Waals surface area (Å²) < 4.78 is 0.838. The molecule has 2 rings (SSSR count). The van der Waals surface area contributed by atoms with Crippen molar-refractivity contribution in [2.24, 2.45) is 0 Å². The topological polar surface area (TPSA) is 46.0 Å². The molecular weight excluding hydrogens is 255 g/mol. The number of hydrogen-bond donors (Lipinski definition) is 1. The third kappa shape index (κ3) is 1.59. The van der Waals surface area contributed by atoms with Crippen molar-refractivity contribution < 1.29 is 5.11 Å². The molecule has 66 valence electrons. The first-order valence-electron chi connectivity index (χ1n) is 3.47. The predicted molar refractivity (Wildman–Crippen MR) is 53.9 cm³/mol. The van der Waals surface area contributed by atoms with E-state index >= 15 is 0 Å². The minimum absolute atomic E-state index is 0.128. The van der Waals surface area contributed by atoms with E-state index in [4.69, 9.17) is 16.7 Å². The van der Waals surface area contributed by atoms with Gasteiger partial charge < -0.3 is 5.11 Å². The Balaban J connectivity index is 2.87. The molecule has 0 unspecified atom stereocenters. The summed E-state index contributed by atoms with van der Waals surface area (Å²) in [6, 6.07) is 3.49. The zero-order valence-electron chi connectivity index (χ0n) is 6.33. The fourth-order valence-electron chi connectivity index (χ4n) is 1.03. The maximum Gasteiger partial charge on any atom is 0.230 e. The van der Waals surface area contributed by atoms with Gasteiger partial charge in [0.05, 0.1) is 16.7 Å². The molecule has 0 aliphatic heterocycles. The summed E-state index contributed by atoms with van der Waals surface area (Å²) in [6.45, 7) is 0. The van der Waals surface area contributed by atoms with E-state index in [2.05, 4.69) is 25.9 Å². The third-order valence-electron chi connectivity index (χ3n) is 1.55. The van der Waals surface area contributed by atoms with Gasteiger partial charge in [0.2, 0.25) is 5.88 Å². The van der Waals surface area contributed by atoms with E-state index in [-0.39, 0.29) is 5.88 Å². The molecule has 0 spiro atoms. The SMILES string of the molecule is Oc1cnc2cc(Br)cc(Cl)c2n1. The summed E-state index contributed by atoms with van der Waals surface area (Å²) in [5.41, 5.74) is 1.15. The van der Waals surface area contributed by atoms with Gasteiger partial charge in [-0.2, -0.15) is 0 Å². The second-order valence-electron chi connectivity index (χ2n) is 2.48. The van der Waals surface area contributed by atoms with Crippen LogP contribution in [0, 0.1) is 0 Å². The van der Waals surface area contributed by atoms with E-state index in [9.17, 15) is 0 Å². The van der Waals surface area contributed by atoms with E-state index in [0.29, 0.717) is 16.1 Å². The lowest BCUT2D eigenvalue weighted by Crippen LogP contribution is -1.84. The molecule has 2 aromatic rings. The number of rotatable bonds is 0. The van der Waals surface area contributed by atoms with Crippen LogP contribution in [0.2, 0.25) is 5.02 Å². The first kappa shape index (κ1) is 8.72. The van der Waals surface area contributed by atoms with E-state index in [1.54, 1.807) is 12.1 Å². The molecule has 0 atom stereocenters. The van der Waals surface area contributed by atoms with E-state index in [1.165, 1.54) is 6.20 Å². The molecule has 1 aromatic heterocycles. The molecule has 1 N–H and O–H groups in total. The molecule has 0 aliphatic rings. The highest BCUT2D eigenvalue weighted by atomic mass is 79.9. The first-order valence-corrected chi connectivity index (χ1v) is 4.64. The van der Waals surface area contributed by atoms with Crippen LogP contribution in [0.3, 0.4) is 0 Å². The normalized spacial score (nSPS) is 10.6. The van der Waals surface area contributed by atoms with Crippen LogP contribution >= 0.6 is 27.5 Å². The summed E-state index contributed by atoms with van der Waals surface area (Å²) in [7, 11) is 0. The Morgan fingerprint density at radius 1 is 1.38 bits per heavy atom. The molecule has 0 saturated heterocycles. The van der Waals surface area contributed by atoms with Crippen molar-refractivity contribution >= 4 is 38.6 Å². The molecule has 13 heavy (non-hydrogen) atoms. The number of benzene rings is 1. The molecule has 3 nitrogen and oxygen atoms in total. The molecule has 0 radical (unpaired) electrons. The van der Waals surface area contributed by atoms with Crippen LogP contribution in [0.5, 0.6) is 5.88 Å². The Hall–Kier alpha value is -0.870. The standard InChI is InChI=1S/C8H4BrClN2O/c9-4-1-5(10)8-6(2-4)11-3-7(13)12-8/h1-3H,(H,12,13). The Labute approximate surface area is 87.5 Å². The van der Waals surface area contributed by atoms with Gasteiger partial charge >= 0.3 is 0 Å². The summed E-state index contributed by atoms with van der Waals surface area (Å²) in [5, 5.41) is 9.55. The van der Waals surface area contributed by atoms with Crippen LogP contribution in [0.4, 0.5) is 0 Å². The van der Waals surface area contributed by atoms with Gasteiger partial charge in [-0.15, -0.1) is 0 Å². The van der Waals surface area contributed by atoms with Gasteiger partial charge in [-0.1, -0.05) is 27.5 Å². The Kier molecular flexibility index (Phi) is 2.09. The van der Waals surface area contributed by atoms with Crippen molar-refractivity contribution in [3.8, 4) is 5.88 Å². The zero-order valence-corrected chi connectivity index (χ0v) is 8.67. The van der Waals surface area contributed by atoms with Crippen molar-refractivity contribution in [1.82, 2.24) is 9.97 Å². The van der Waals surface area contributed by atoms with Crippen LogP contribution in [0.15, 0.2) is 22.8 Å². The van der Waals surface area contributed by atoms with Crippen molar-refractivity contribution in [2.75, 3.05) is 0 Å². The van der Waals surface area contributed by atoms with Crippen molar-refractivity contribution in [1.29, 1.82) is 0 Å². The highest BCUT2D eigenvalue weighted by Crippen LogP contribution is 2.26. The van der Waals surface area contributed by atoms with Crippen LogP contribution < -0.4 is 0 Å². The monoisotopic (exact) mass is 258 g/mol. The lowest BCUT2D eigenvalue weighted by molar-refractivity contribution is 0.453. The number of aromatic nitrogens is 2. The highest BCUT2D eigenvalue weighted by molar-refractivity contribution is 9.10. The zero-order chi connectivity index (χ0) is 9.42. The van der Waals surface area contributed by atoms with Gasteiger partial charge in [0.25, 0.3) is 0 Å². The van der Waals surface area contributed by atoms with Gasteiger partial charge in [-0.25, -0.2) is 9.97 Å². The van der Waals surface area contributed by atoms with Crippen LogP contribution in [0.1, 0.15) is 0 Å². The van der Waals surface area contributed by atoms with Crippen molar-refractivity contribution in [3.63, 3.8) is 0 Å². The number of nitrogens with zero attached hydrogens (tertiary/aromatic N) is 2. The van der Waals surface area contributed by atoms with Gasteiger partial charge in [0.1, 0.15) is 5.52 Å². The predicted octanol–water partition coefficient (Wildman–Crippen LogP) is 2.75. The smallest absolute Gasteiger partial charge is 0.230 e. The quantitative estimate of drug-likeness (QED) is 0.791. The molecule has 1 heterocycles. The fourth-order valence-corrected chi connectivity index (χ4v) is 1.87. The summed E-state index contributed by atoms with van der Waals surface area (Å²) in [5.74, 6) is -0.128. The van der Waals surface area contributed by atoms with Crippen LogP contribution in [-0.2, 0) is 0 Å². The molecule has 0 bridgehead atoms. The van der Waals surface area contributed by atoms with Gasteiger partial charge in [-0.3, -0.25) is 0 Å². The molecule has 0 aliphatic carbocycles. The first-order chi connectivity index (χ1) is 6.16. The minimum atomic E-state index is -0.128. The second-order valence-corrected chi connectivity index (χ2v) is 3.81. The second kappa shape index (κ2) is 3.12. The largest absolute Gasteiger partial charge is 0.492 e. The van der Waals surface area contributed by atoms with Crippen molar-refractivity contribution in [3.05, 3.63) is 27.8 Å². The maximum atomic E-state index is 9.08. The van der Waals surface area contributed by atoms with E-state index in [0.717, 1.165) is 4.47 Å². The van der Waals surface area contributed by atoms with Crippen LogP contribution in [0.25, 0.3) is 11.0 Å². The van der Waals surface area contributed by atoms with Gasteiger partial charge in [0, 0.05) is 4.47 Å². The average molecular weight is 259 g/mol. The molecule has 0 fully saturated rings. The molecule has 0 saturated carbocycles. The Bertz CT molecular complexity index is 475. The maximum absolute atomic E-state index is 9.08. The van der Waals surface area contributed by atoms with E-state index < -0.39 is 0 Å². The van der Waals surface area contributed by atoms with Gasteiger partial charge in [0.15, 0.2) is 0 Å². The summed E-state index contributed by atoms with van der Waals surface area (Å²) in [4.78, 5) is 7.83. The Morgan fingerprint density at radius 3 is 2.92 bits per heavy atom. The Morgan fingerprint density at radius 2 is 2.15 bits per heavy atom. The summed E-state index contributed by atoms with van der Waals surface area (Å²) in [6.07, 6.45) is 1.28. The number of hydrogen-bond acceptors (Lipinski definition) is 3. The minimum Gasteiger partial charge on any atom is -0.492 e. The summed E-state index contributed by atoms with van der Waals surface area (Å²) >= 11 is 9.18. The molecule has 1 aromatic carbocycles. The fraction of sp³-hybridized carbons (Fsp3) is 0.